The predicted molar refractivity (Wildman–Crippen MR) is 90.6 cm³/mol. The van der Waals surface area contributed by atoms with Gasteiger partial charge in [0.15, 0.2) is 0 Å². The van der Waals surface area contributed by atoms with Crippen LogP contribution >= 0.6 is 11.3 Å². The molecule has 0 amide bonds. The molecular weight excluding hydrogens is 264 g/mol. The Hall–Kier alpha value is -0.410. The molecule has 116 valence electrons. The summed E-state index contributed by atoms with van der Waals surface area (Å²) in [6.45, 7) is 11.1. The van der Waals surface area contributed by atoms with Crippen LogP contribution in [0.5, 0.6) is 0 Å². The molecule has 0 aliphatic rings. The monoisotopic (exact) mass is 296 g/mol. The summed E-state index contributed by atoms with van der Waals surface area (Å²) in [6.07, 6.45) is 7.94. The van der Waals surface area contributed by atoms with Gasteiger partial charge in [0.05, 0.1) is 11.7 Å². The zero-order chi connectivity index (χ0) is 15.0. The Bertz CT molecular complexity index is 358. The van der Waals surface area contributed by atoms with E-state index in [4.69, 9.17) is 4.98 Å². The van der Waals surface area contributed by atoms with Crippen LogP contribution in [0.15, 0.2) is 5.38 Å². The van der Waals surface area contributed by atoms with Crippen LogP contribution in [0, 0.1) is 0 Å². The highest BCUT2D eigenvalue weighted by Crippen LogP contribution is 2.27. The minimum atomic E-state index is 0.439. The van der Waals surface area contributed by atoms with E-state index in [1.54, 1.807) is 0 Å². The minimum Gasteiger partial charge on any atom is -0.306 e. The van der Waals surface area contributed by atoms with Gasteiger partial charge in [-0.05, 0) is 12.3 Å². The summed E-state index contributed by atoms with van der Waals surface area (Å²) in [5.74, 6) is 0.532. The lowest BCUT2D eigenvalue weighted by molar-refractivity contribution is 0.430. The molecule has 0 bridgehead atoms. The van der Waals surface area contributed by atoms with Gasteiger partial charge in [0.1, 0.15) is 5.01 Å². The molecule has 0 aromatic carbocycles. The van der Waals surface area contributed by atoms with Crippen molar-refractivity contribution in [1.29, 1.82) is 0 Å². The van der Waals surface area contributed by atoms with E-state index in [0.29, 0.717) is 18.0 Å². The average Bonchev–Trinajstić information content (AvgIpc) is 2.86. The third-order valence-corrected chi connectivity index (χ3v) is 4.54. The topological polar surface area (TPSA) is 24.9 Å². The molecule has 1 heterocycles. The molecule has 0 spiro atoms. The molecular formula is C17H32N2S. The lowest BCUT2D eigenvalue weighted by Crippen LogP contribution is -2.28. The molecule has 20 heavy (non-hydrogen) atoms. The van der Waals surface area contributed by atoms with Crippen molar-refractivity contribution < 1.29 is 0 Å². The minimum absolute atomic E-state index is 0.439. The first-order chi connectivity index (χ1) is 9.54. The normalized spacial score (nSPS) is 13.3. The molecule has 1 rings (SSSR count). The smallest absolute Gasteiger partial charge is 0.110 e. The van der Waals surface area contributed by atoms with Gasteiger partial charge in [0, 0.05) is 11.4 Å². The van der Waals surface area contributed by atoms with E-state index in [-0.39, 0.29) is 0 Å². The number of hydrogen-bond donors (Lipinski definition) is 1. The number of nitrogens with one attached hydrogen (secondary N) is 1. The van der Waals surface area contributed by atoms with E-state index in [9.17, 15) is 0 Å². The Kier molecular flexibility index (Phi) is 8.39. The fraction of sp³-hybridized carbons (Fsp3) is 0.824. The van der Waals surface area contributed by atoms with Gasteiger partial charge < -0.3 is 5.32 Å². The van der Waals surface area contributed by atoms with Crippen molar-refractivity contribution in [3.8, 4) is 0 Å². The summed E-state index contributed by atoms with van der Waals surface area (Å²) < 4.78 is 0. The second-order valence-electron chi connectivity index (χ2n) is 6.34. The van der Waals surface area contributed by atoms with Crippen LogP contribution < -0.4 is 5.32 Å². The maximum Gasteiger partial charge on any atom is 0.110 e. The van der Waals surface area contributed by atoms with Gasteiger partial charge in [0.25, 0.3) is 0 Å². The maximum absolute atomic E-state index is 4.83. The second kappa shape index (κ2) is 9.51. The average molecular weight is 297 g/mol. The number of unbranched alkanes of at least 4 members (excludes halogenated alkanes) is 4. The fourth-order valence-electron chi connectivity index (χ4n) is 2.36. The van der Waals surface area contributed by atoms with E-state index in [1.165, 1.54) is 49.2 Å². The highest BCUT2D eigenvalue weighted by Gasteiger charge is 2.17. The zero-order valence-corrected chi connectivity index (χ0v) is 14.7. The van der Waals surface area contributed by atoms with Crippen LogP contribution in [0.25, 0.3) is 0 Å². The van der Waals surface area contributed by atoms with Gasteiger partial charge in [0.2, 0.25) is 0 Å². The van der Waals surface area contributed by atoms with Crippen LogP contribution in [-0.2, 0) is 0 Å². The molecule has 1 aromatic heterocycles. The third-order valence-electron chi connectivity index (χ3n) is 3.56. The zero-order valence-electron chi connectivity index (χ0n) is 13.9. The molecule has 3 heteroatoms. The first-order valence-corrected chi connectivity index (χ1v) is 9.13. The van der Waals surface area contributed by atoms with Gasteiger partial charge in [-0.15, -0.1) is 11.3 Å². The van der Waals surface area contributed by atoms with Crippen molar-refractivity contribution in [1.82, 2.24) is 10.3 Å². The van der Waals surface area contributed by atoms with Gasteiger partial charge in [-0.2, -0.15) is 0 Å². The van der Waals surface area contributed by atoms with E-state index < -0.39 is 0 Å². The summed E-state index contributed by atoms with van der Waals surface area (Å²) in [6, 6.07) is 0.955. The Morgan fingerprint density at radius 3 is 2.35 bits per heavy atom. The molecule has 0 aliphatic carbocycles. The summed E-state index contributed by atoms with van der Waals surface area (Å²) in [7, 11) is 0. The Morgan fingerprint density at radius 1 is 1.10 bits per heavy atom. The molecule has 1 atom stereocenters. The first kappa shape index (κ1) is 17.6. The fourth-order valence-corrected chi connectivity index (χ4v) is 3.43. The quantitative estimate of drug-likeness (QED) is 0.563. The second-order valence-corrected chi connectivity index (χ2v) is 7.23. The van der Waals surface area contributed by atoms with E-state index >= 15 is 0 Å². The van der Waals surface area contributed by atoms with Crippen LogP contribution in [0.4, 0.5) is 0 Å². The van der Waals surface area contributed by atoms with Crippen LogP contribution in [-0.4, -0.2) is 11.0 Å². The van der Waals surface area contributed by atoms with Crippen molar-refractivity contribution >= 4 is 11.3 Å². The largest absolute Gasteiger partial charge is 0.306 e. The Labute approximate surface area is 129 Å². The lowest BCUT2D eigenvalue weighted by Gasteiger charge is -2.19. The Morgan fingerprint density at radius 2 is 1.80 bits per heavy atom. The van der Waals surface area contributed by atoms with Crippen molar-refractivity contribution in [2.24, 2.45) is 0 Å². The highest BCUT2D eigenvalue weighted by molar-refractivity contribution is 7.09. The van der Waals surface area contributed by atoms with Crippen LogP contribution in [0.3, 0.4) is 0 Å². The van der Waals surface area contributed by atoms with Gasteiger partial charge >= 0.3 is 0 Å². The van der Waals surface area contributed by atoms with Gasteiger partial charge in [-0.1, -0.05) is 66.7 Å². The van der Waals surface area contributed by atoms with Crippen molar-refractivity contribution in [2.75, 3.05) is 0 Å². The lowest BCUT2D eigenvalue weighted by atomic mass is 10.1. The van der Waals surface area contributed by atoms with E-state index in [2.05, 4.69) is 45.3 Å². The summed E-state index contributed by atoms with van der Waals surface area (Å²) in [5.41, 5.74) is 1.24. The number of thiazole rings is 1. The molecule has 2 nitrogen and oxygen atoms in total. The standard InChI is InChI=1S/C17H32N2S/c1-6-7-8-9-10-11-15(18-14(4)5)17-19-16(12-20-17)13(2)3/h12-15,18H,6-11H2,1-5H3. The Balaban J connectivity index is 2.53. The molecule has 0 aliphatic heterocycles. The van der Waals surface area contributed by atoms with Crippen LogP contribution in [0.1, 0.15) is 95.8 Å². The number of nitrogens with zero attached hydrogens (tertiary/aromatic N) is 1. The molecule has 1 unspecified atom stereocenters. The molecule has 0 radical (unpaired) electrons. The number of rotatable bonds is 10. The summed E-state index contributed by atoms with van der Waals surface area (Å²) in [4.78, 5) is 4.83. The van der Waals surface area contributed by atoms with Gasteiger partial charge in [-0.3, -0.25) is 0 Å². The molecule has 0 fully saturated rings. The predicted octanol–water partition coefficient (Wildman–Crippen LogP) is 5.67. The third kappa shape index (κ3) is 6.36. The van der Waals surface area contributed by atoms with Crippen molar-refractivity contribution in [3.05, 3.63) is 16.1 Å². The van der Waals surface area contributed by atoms with Crippen molar-refractivity contribution in [3.63, 3.8) is 0 Å². The molecule has 1 aromatic rings. The van der Waals surface area contributed by atoms with Gasteiger partial charge in [-0.25, -0.2) is 4.98 Å². The molecule has 1 N–H and O–H groups in total. The van der Waals surface area contributed by atoms with E-state index in [1.807, 2.05) is 11.3 Å². The SMILES string of the molecule is CCCCCCCC(NC(C)C)c1nc(C(C)C)cs1. The molecule has 0 saturated carbocycles. The summed E-state index contributed by atoms with van der Waals surface area (Å²) >= 11 is 1.82. The van der Waals surface area contributed by atoms with E-state index in [0.717, 1.165) is 0 Å². The highest BCUT2D eigenvalue weighted by atomic mass is 32.1. The first-order valence-electron chi connectivity index (χ1n) is 8.26. The van der Waals surface area contributed by atoms with Crippen molar-refractivity contribution in [2.45, 2.75) is 91.1 Å². The maximum atomic E-state index is 4.83. The molecule has 0 saturated heterocycles. The van der Waals surface area contributed by atoms with Crippen LogP contribution in [0.2, 0.25) is 0 Å². The number of hydrogen-bond acceptors (Lipinski definition) is 3. The summed E-state index contributed by atoms with van der Waals surface area (Å²) in [5, 5.41) is 7.19. The number of aromatic nitrogens is 1.